The van der Waals surface area contributed by atoms with E-state index in [1.165, 1.54) is 24.3 Å². The van der Waals surface area contributed by atoms with Crippen LogP contribution in [0.25, 0.3) is 17.0 Å². The fourth-order valence-electron chi connectivity index (χ4n) is 3.72. The molecule has 0 fully saturated rings. The van der Waals surface area contributed by atoms with Gasteiger partial charge in [-0.25, -0.2) is 14.5 Å². The Morgan fingerprint density at radius 2 is 1.92 bits per heavy atom. The minimum Gasteiger partial charge on any atom is -0.458 e. The van der Waals surface area contributed by atoms with Crippen LogP contribution in [0.2, 0.25) is 0 Å². The van der Waals surface area contributed by atoms with Crippen molar-refractivity contribution in [3.8, 4) is 17.7 Å². The van der Waals surface area contributed by atoms with E-state index in [9.17, 15) is 13.6 Å². The molecule has 0 saturated carbocycles. The number of halogens is 2. The Labute approximate surface area is 204 Å². The average molecular weight is 492 g/mol. The topological polar surface area (TPSA) is 95.6 Å². The first kappa shape index (κ1) is 23.2. The molecule has 1 aliphatic rings. The molecule has 5 rings (SSSR count). The maximum absolute atomic E-state index is 14.3. The lowest BCUT2D eigenvalue weighted by atomic mass is 10.1. The van der Waals surface area contributed by atoms with E-state index < -0.39 is 12.0 Å². The number of imidazole rings is 2. The maximum Gasteiger partial charge on any atom is 0.482 e. The molecule has 4 aromatic rings. The number of hydrogen-bond acceptors (Lipinski definition) is 6. The third kappa shape index (κ3) is 4.81. The number of amides is 1. The molecule has 3 heterocycles. The van der Waals surface area contributed by atoms with Gasteiger partial charge in [0.15, 0.2) is 0 Å². The van der Waals surface area contributed by atoms with Crippen LogP contribution < -0.4 is 14.8 Å². The molecule has 184 valence electrons. The lowest BCUT2D eigenvalue weighted by Crippen LogP contribution is -2.44. The maximum atomic E-state index is 14.3. The largest absolute Gasteiger partial charge is 0.482 e. The van der Waals surface area contributed by atoms with E-state index in [4.69, 9.17) is 4.74 Å². The normalized spacial score (nSPS) is 13.8. The van der Waals surface area contributed by atoms with Crippen LogP contribution >= 0.6 is 0 Å². The van der Waals surface area contributed by atoms with Crippen molar-refractivity contribution in [2.24, 2.45) is 12.0 Å². The Morgan fingerprint density at radius 1 is 1.14 bits per heavy atom. The first-order chi connectivity index (χ1) is 17.4. The predicted molar refractivity (Wildman–Crippen MR) is 128 cm³/mol. The Bertz CT molecular complexity index is 1460. The number of aliphatic imine (C=N–C) groups is 1. The Hall–Kier alpha value is -4.54. The van der Waals surface area contributed by atoms with E-state index in [0.717, 1.165) is 11.0 Å². The molecule has 0 atom stereocenters. The highest BCUT2D eigenvalue weighted by atomic mass is 19.3. The average Bonchev–Trinajstić information content (AvgIpc) is 3.45. The van der Waals surface area contributed by atoms with Gasteiger partial charge in [0.1, 0.15) is 18.2 Å². The van der Waals surface area contributed by atoms with Crippen molar-refractivity contribution in [2.75, 3.05) is 6.61 Å². The highest BCUT2D eigenvalue weighted by molar-refractivity contribution is 5.89. The Kier molecular flexibility index (Phi) is 6.19. The summed E-state index contributed by atoms with van der Waals surface area (Å²) < 4.78 is 42.8. The van der Waals surface area contributed by atoms with Gasteiger partial charge >= 0.3 is 18.0 Å². The van der Waals surface area contributed by atoms with Gasteiger partial charge in [0, 0.05) is 19.4 Å². The molecule has 0 bridgehead atoms. The van der Waals surface area contributed by atoms with Crippen molar-refractivity contribution in [3.05, 3.63) is 78.9 Å². The molecule has 0 spiro atoms. The van der Waals surface area contributed by atoms with Gasteiger partial charge in [-0.1, -0.05) is 30.3 Å². The zero-order valence-corrected chi connectivity index (χ0v) is 19.3. The summed E-state index contributed by atoms with van der Waals surface area (Å²) >= 11 is 0. The van der Waals surface area contributed by atoms with Gasteiger partial charge in [0.05, 0.1) is 16.7 Å². The summed E-state index contributed by atoms with van der Waals surface area (Å²) in [5, 5.41) is 2.14. The van der Waals surface area contributed by atoms with Gasteiger partial charge in [0.25, 0.3) is 0 Å². The van der Waals surface area contributed by atoms with Gasteiger partial charge in [-0.3, -0.25) is 4.79 Å². The molecule has 0 aliphatic carbocycles. The van der Waals surface area contributed by atoms with Gasteiger partial charge in [-0.15, -0.1) is 0 Å². The number of nitrogens with one attached hydrogen (secondary N) is 1. The monoisotopic (exact) mass is 492 g/mol. The third-order valence-electron chi connectivity index (χ3n) is 5.44. The number of ether oxygens (including phenoxy) is 2. The molecule has 11 heteroatoms. The van der Waals surface area contributed by atoms with Crippen LogP contribution in [0.1, 0.15) is 12.8 Å². The molecule has 0 unspecified atom stereocenters. The number of carbonyl (C=O) groups is 1. The SMILES string of the molecule is Cn1ccnc1-n1c(OCC2=NC(NC(=O)C(F)(F)Oc3ccccc3)=CCC2)nc2ccccc21. The van der Waals surface area contributed by atoms with Crippen LogP contribution in [0.4, 0.5) is 8.78 Å². The third-order valence-corrected chi connectivity index (χ3v) is 5.44. The van der Waals surface area contributed by atoms with Crippen molar-refractivity contribution in [2.45, 2.75) is 19.0 Å². The fourth-order valence-corrected chi connectivity index (χ4v) is 3.72. The summed E-state index contributed by atoms with van der Waals surface area (Å²) in [5.41, 5.74) is 2.12. The molecule has 36 heavy (non-hydrogen) atoms. The second kappa shape index (κ2) is 9.61. The van der Waals surface area contributed by atoms with Crippen LogP contribution in [-0.2, 0) is 11.8 Å². The number of fused-ring (bicyclic) bond motifs is 1. The zero-order chi connectivity index (χ0) is 25.1. The summed E-state index contributed by atoms with van der Waals surface area (Å²) in [5.74, 6) is -1.10. The minimum atomic E-state index is -4.07. The number of allylic oxidation sites excluding steroid dienone is 1. The van der Waals surface area contributed by atoms with E-state index in [2.05, 4.69) is 25.0 Å². The summed E-state index contributed by atoms with van der Waals surface area (Å²) in [6.45, 7) is 0.0534. The smallest absolute Gasteiger partial charge is 0.458 e. The van der Waals surface area contributed by atoms with Crippen molar-refractivity contribution in [3.63, 3.8) is 0 Å². The quantitative estimate of drug-likeness (QED) is 0.401. The lowest BCUT2D eigenvalue weighted by Gasteiger charge is -2.19. The van der Waals surface area contributed by atoms with Crippen molar-refractivity contribution in [1.82, 2.24) is 24.4 Å². The highest BCUT2D eigenvalue weighted by Crippen LogP contribution is 2.26. The van der Waals surface area contributed by atoms with E-state index >= 15 is 0 Å². The van der Waals surface area contributed by atoms with E-state index in [1.54, 1.807) is 22.9 Å². The van der Waals surface area contributed by atoms with Crippen molar-refractivity contribution in [1.29, 1.82) is 0 Å². The Balaban J connectivity index is 1.29. The summed E-state index contributed by atoms with van der Waals surface area (Å²) in [7, 11) is 1.86. The molecule has 0 radical (unpaired) electrons. The highest BCUT2D eigenvalue weighted by Gasteiger charge is 2.42. The number of rotatable bonds is 8. The van der Waals surface area contributed by atoms with Crippen LogP contribution in [0.3, 0.4) is 0 Å². The number of benzene rings is 2. The summed E-state index contributed by atoms with van der Waals surface area (Å²) in [6, 6.07) is 15.3. The second-order valence-corrected chi connectivity index (χ2v) is 8.04. The number of nitrogens with zero attached hydrogens (tertiary/aromatic N) is 5. The first-order valence-electron chi connectivity index (χ1n) is 11.2. The molecular weight excluding hydrogens is 470 g/mol. The second-order valence-electron chi connectivity index (χ2n) is 8.04. The molecule has 2 aromatic carbocycles. The number of carbonyl (C=O) groups excluding carboxylic acids is 1. The van der Waals surface area contributed by atoms with Crippen molar-refractivity contribution < 1.29 is 23.0 Å². The van der Waals surface area contributed by atoms with E-state index in [1.807, 2.05) is 42.1 Å². The Morgan fingerprint density at radius 3 is 2.69 bits per heavy atom. The van der Waals surface area contributed by atoms with Crippen LogP contribution in [0.5, 0.6) is 11.8 Å². The summed E-state index contributed by atoms with van der Waals surface area (Å²) in [4.78, 5) is 25.4. The molecule has 2 aromatic heterocycles. The molecular formula is C25H22F2N6O3. The van der Waals surface area contributed by atoms with E-state index in [-0.39, 0.29) is 18.2 Å². The number of para-hydroxylation sites is 3. The standard InChI is InChI=1S/C25H22F2N6O3/c1-32-15-14-28-23(32)33-20-12-6-5-11-19(20)30-24(33)35-16-17-8-7-13-21(29-17)31-22(34)25(26,27)36-18-9-3-2-4-10-18/h2-6,9-15H,7-8,16H2,1H3,(H,31,34). The summed E-state index contributed by atoms with van der Waals surface area (Å²) in [6.07, 6.45) is 2.03. The number of hydrogen-bond donors (Lipinski definition) is 1. The molecule has 1 amide bonds. The predicted octanol–water partition coefficient (Wildman–Crippen LogP) is 4.00. The van der Waals surface area contributed by atoms with Crippen LogP contribution in [-0.4, -0.2) is 43.4 Å². The van der Waals surface area contributed by atoms with Gasteiger partial charge in [-0.2, -0.15) is 13.8 Å². The van der Waals surface area contributed by atoms with Crippen LogP contribution in [0.15, 0.2) is 83.9 Å². The minimum absolute atomic E-state index is 0.0128. The number of aryl methyl sites for hydroxylation is 1. The number of aromatic nitrogens is 4. The molecule has 1 aliphatic heterocycles. The zero-order valence-electron chi connectivity index (χ0n) is 19.3. The van der Waals surface area contributed by atoms with Gasteiger partial charge < -0.3 is 19.4 Å². The first-order valence-corrected chi connectivity index (χ1v) is 11.2. The van der Waals surface area contributed by atoms with Gasteiger partial charge in [0.2, 0.25) is 5.95 Å². The molecule has 0 saturated heterocycles. The van der Waals surface area contributed by atoms with Crippen molar-refractivity contribution >= 4 is 22.7 Å². The molecule has 1 N–H and O–H groups in total. The van der Waals surface area contributed by atoms with E-state index in [0.29, 0.717) is 30.5 Å². The van der Waals surface area contributed by atoms with Gasteiger partial charge in [-0.05, 0) is 43.2 Å². The lowest BCUT2D eigenvalue weighted by molar-refractivity contribution is -0.192. The molecule has 9 nitrogen and oxygen atoms in total. The van der Waals surface area contributed by atoms with Crippen LogP contribution in [0, 0.1) is 0 Å². The fraction of sp³-hybridized carbons (Fsp3) is 0.200. The number of alkyl halides is 2.